The van der Waals surface area contributed by atoms with Crippen molar-refractivity contribution in [1.29, 1.82) is 0 Å². The molecule has 41 heavy (non-hydrogen) atoms. The van der Waals surface area contributed by atoms with Gasteiger partial charge >= 0.3 is 0 Å². The summed E-state index contributed by atoms with van der Waals surface area (Å²) in [7, 11) is 3.57. The number of amides is 1. The van der Waals surface area contributed by atoms with Crippen molar-refractivity contribution in [2.24, 2.45) is 5.92 Å². The predicted molar refractivity (Wildman–Crippen MR) is 164 cm³/mol. The first-order valence-electron chi connectivity index (χ1n) is 15.4. The first-order valence-corrected chi connectivity index (χ1v) is 15.4. The number of aryl methyl sites for hydroxylation is 1. The summed E-state index contributed by atoms with van der Waals surface area (Å²) in [5, 5.41) is 4.74. The molecule has 6 rings (SSSR count). The average Bonchev–Trinajstić information content (AvgIpc) is 3.66. The number of aromatic nitrogens is 1. The smallest absolute Gasteiger partial charge is 0.261 e. The molecule has 0 bridgehead atoms. The highest BCUT2D eigenvalue weighted by Crippen LogP contribution is 2.45. The lowest BCUT2D eigenvalue weighted by atomic mass is 9.97. The number of ether oxygens (including phenoxy) is 2. The number of anilines is 2. The van der Waals surface area contributed by atoms with Gasteiger partial charge in [0.15, 0.2) is 0 Å². The number of carbonyl (C=O) groups excluding carboxylic acids is 1. The minimum atomic E-state index is -1.53. The summed E-state index contributed by atoms with van der Waals surface area (Å²) in [6.45, 7) is 8.48. The molecule has 2 aliphatic heterocycles. The zero-order valence-electron chi connectivity index (χ0n) is 25.2. The Kier molecular flexibility index (Phi) is 9.07. The number of rotatable bonds is 11. The van der Waals surface area contributed by atoms with E-state index in [1.54, 1.807) is 0 Å². The second-order valence-electron chi connectivity index (χ2n) is 11.2. The third-order valence-electron chi connectivity index (χ3n) is 8.44. The fourth-order valence-corrected chi connectivity index (χ4v) is 6.08. The normalized spacial score (nSPS) is 18.5. The minimum Gasteiger partial charge on any atom is -0.456 e. The zero-order valence-corrected chi connectivity index (χ0v) is 25.2. The fraction of sp³-hybridized carbons (Fsp3) is 0.545. The second-order valence-corrected chi connectivity index (χ2v) is 11.2. The number of halogens is 1. The summed E-state index contributed by atoms with van der Waals surface area (Å²) in [6, 6.07) is 12.2. The van der Waals surface area contributed by atoms with Gasteiger partial charge in [-0.2, -0.15) is 4.39 Å². The fourth-order valence-electron chi connectivity index (χ4n) is 6.08. The highest BCUT2D eigenvalue weighted by Gasteiger charge is 2.34. The number of methoxy groups -OCH3 is 1. The molecule has 3 aromatic rings. The summed E-state index contributed by atoms with van der Waals surface area (Å²) >= 11 is 0. The molecule has 8 heteroatoms. The van der Waals surface area contributed by atoms with Crippen LogP contribution >= 0.6 is 0 Å². The lowest BCUT2D eigenvalue weighted by Crippen LogP contribution is -2.38. The van der Waals surface area contributed by atoms with Crippen LogP contribution in [0.4, 0.5) is 15.8 Å². The Morgan fingerprint density at radius 2 is 1.95 bits per heavy atom. The van der Waals surface area contributed by atoms with Crippen molar-refractivity contribution >= 4 is 28.2 Å². The molecule has 0 saturated heterocycles. The lowest BCUT2D eigenvalue weighted by molar-refractivity contribution is -0.00374. The van der Waals surface area contributed by atoms with E-state index in [1.165, 1.54) is 20.0 Å². The molecule has 1 amide bonds. The van der Waals surface area contributed by atoms with Crippen LogP contribution in [-0.4, -0.2) is 55.6 Å². The molecule has 1 fully saturated rings. The maximum Gasteiger partial charge on any atom is 0.261 e. The van der Waals surface area contributed by atoms with Crippen molar-refractivity contribution < 1.29 is 18.7 Å². The molecule has 2 atom stereocenters. The number of nitrogens with one attached hydrogen (secondary N) is 1. The number of hydrogen-bond donors (Lipinski definition) is 1. The van der Waals surface area contributed by atoms with E-state index < -0.39 is 6.36 Å². The van der Waals surface area contributed by atoms with Gasteiger partial charge in [-0.25, -0.2) is 0 Å². The predicted octanol–water partition coefficient (Wildman–Crippen LogP) is 7.15. The summed E-state index contributed by atoms with van der Waals surface area (Å²) < 4.78 is 27.5. The van der Waals surface area contributed by atoms with E-state index in [0.717, 1.165) is 90.3 Å². The van der Waals surface area contributed by atoms with Crippen LogP contribution in [0.3, 0.4) is 0 Å². The molecule has 0 radical (unpaired) electrons. The van der Waals surface area contributed by atoms with Gasteiger partial charge in [0.1, 0.15) is 18.5 Å². The number of carbonyl (C=O) groups is 1. The van der Waals surface area contributed by atoms with Crippen LogP contribution < -0.4 is 15.0 Å². The summed E-state index contributed by atoms with van der Waals surface area (Å²) in [6.07, 6.45) is 4.98. The van der Waals surface area contributed by atoms with E-state index in [1.807, 2.05) is 36.9 Å². The van der Waals surface area contributed by atoms with Crippen LogP contribution in [0, 0.1) is 5.92 Å². The summed E-state index contributed by atoms with van der Waals surface area (Å²) in [4.78, 5) is 17.5. The van der Waals surface area contributed by atoms with Gasteiger partial charge in [0.2, 0.25) is 0 Å². The number of fused-ring (bicyclic) bond motifs is 3. The van der Waals surface area contributed by atoms with Crippen LogP contribution in [0.1, 0.15) is 80.7 Å². The highest BCUT2D eigenvalue weighted by molar-refractivity contribution is 5.99. The average molecular weight is 565 g/mol. The van der Waals surface area contributed by atoms with E-state index in [9.17, 15) is 9.18 Å². The number of para-hydroxylation sites is 1. The van der Waals surface area contributed by atoms with Crippen LogP contribution in [0.25, 0.3) is 10.9 Å². The number of nitrogens with zero attached hydrogens (tertiary/aromatic N) is 3. The number of unbranched alkanes of at least 4 members (excludes halogenated alkanes) is 1. The van der Waals surface area contributed by atoms with E-state index in [2.05, 4.69) is 47.0 Å². The number of alkyl halides is 1. The van der Waals surface area contributed by atoms with Gasteiger partial charge in [0, 0.05) is 44.7 Å². The molecule has 3 heterocycles. The van der Waals surface area contributed by atoms with E-state index in [-0.39, 0.29) is 18.7 Å². The Morgan fingerprint density at radius 1 is 1.15 bits per heavy atom. The molecular formula is C33H45FN4O3. The van der Waals surface area contributed by atoms with Crippen LogP contribution in [0.2, 0.25) is 0 Å². The molecule has 0 spiro atoms. The van der Waals surface area contributed by atoms with Crippen molar-refractivity contribution in [2.75, 3.05) is 44.1 Å². The van der Waals surface area contributed by atoms with E-state index in [4.69, 9.17) is 9.47 Å². The molecule has 1 aromatic heterocycles. The van der Waals surface area contributed by atoms with Crippen LogP contribution in [0.15, 0.2) is 36.4 Å². The number of hydrogen-bond acceptors (Lipinski definition) is 5. The molecule has 7 nitrogen and oxygen atoms in total. The zero-order chi connectivity index (χ0) is 29.1. The molecule has 222 valence electrons. The second kappa shape index (κ2) is 12.7. The Labute approximate surface area is 243 Å². The standard InChI is InChI=1S/C31H39FN4O3.C2H6/c1-4-5-13-35-14-12-21-16-25-24(18-23(21)31(35)37)33-30(34(25)2)26-17-22-7-6-8-27(39-28(32)19-38-3)29(22)36(26)15-11-20-9-10-20;1-2/h6-8,16-18,20,28,30,33H,4-5,9-15,19H2,1-3H3;1-2H3. The Hall–Kier alpha value is -3.26. The maximum atomic E-state index is 14.5. The molecule has 1 saturated carbocycles. The molecule has 1 aliphatic carbocycles. The van der Waals surface area contributed by atoms with Gasteiger partial charge in [-0.05, 0) is 55.0 Å². The first kappa shape index (κ1) is 29.2. The van der Waals surface area contributed by atoms with Crippen molar-refractivity contribution in [2.45, 2.75) is 78.4 Å². The van der Waals surface area contributed by atoms with Crippen LogP contribution in [-0.2, 0) is 17.7 Å². The van der Waals surface area contributed by atoms with Crippen molar-refractivity contribution in [3.63, 3.8) is 0 Å². The van der Waals surface area contributed by atoms with Gasteiger partial charge in [0.25, 0.3) is 12.3 Å². The van der Waals surface area contributed by atoms with E-state index in [0.29, 0.717) is 5.75 Å². The monoisotopic (exact) mass is 564 g/mol. The van der Waals surface area contributed by atoms with Gasteiger partial charge in [0.05, 0.1) is 22.6 Å². The molecule has 2 unspecified atom stereocenters. The van der Waals surface area contributed by atoms with Gasteiger partial charge < -0.3 is 29.2 Å². The van der Waals surface area contributed by atoms with Crippen molar-refractivity contribution in [3.05, 3.63) is 53.2 Å². The first-order chi connectivity index (χ1) is 20.0. The van der Waals surface area contributed by atoms with Gasteiger partial charge in [-0.1, -0.05) is 52.2 Å². The maximum absolute atomic E-state index is 14.5. The van der Waals surface area contributed by atoms with Crippen molar-refractivity contribution in [1.82, 2.24) is 9.47 Å². The molecule has 3 aliphatic rings. The van der Waals surface area contributed by atoms with Gasteiger partial charge in [-0.15, -0.1) is 0 Å². The summed E-state index contributed by atoms with van der Waals surface area (Å²) in [5.74, 6) is 1.42. The SMILES string of the molecule is CC.CCCCN1CCc2cc3c(cc2C1=O)NC(c1cc2cccc(OC(F)COC)c2n1CCC1CC1)N3C. The third kappa shape index (κ3) is 5.89. The topological polar surface area (TPSA) is 59.0 Å². The molecule has 2 aromatic carbocycles. The Morgan fingerprint density at radius 3 is 2.68 bits per heavy atom. The Balaban J connectivity index is 0.00000165. The largest absolute Gasteiger partial charge is 0.456 e. The lowest BCUT2D eigenvalue weighted by Gasteiger charge is -2.29. The molecule has 1 N–H and O–H groups in total. The van der Waals surface area contributed by atoms with Crippen molar-refractivity contribution in [3.8, 4) is 5.75 Å². The Bertz CT molecular complexity index is 1370. The minimum absolute atomic E-state index is 0.116. The number of benzene rings is 2. The highest BCUT2D eigenvalue weighted by atomic mass is 19.1. The molecular weight excluding hydrogens is 519 g/mol. The third-order valence-corrected chi connectivity index (χ3v) is 8.44. The quantitative estimate of drug-likeness (QED) is 0.268. The van der Waals surface area contributed by atoms with E-state index >= 15 is 0 Å². The van der Waals surface area contributed by atoms with Gasteiger partial charge in [-0.3, -0.25) is 4.79 Å². The van der Waals surface area contributed by atoms with Crippen LogP contribution in [0.5, 0.6) is 5.75 Å². The summed E-state index contributed by atoms with van der Waals surface area (Å²) in [5.41, 5.74) is 6.04.